The van der Waals surface area contributed by atoms with E-state index in [1.165, 1.54) is 10.9 Å². The molecule has 1 aromatic heterocycles. The van der Waals surface area contributed by atoms with E-state index in [0.717, 1.165) is 19.6 Å². The predicted octanol–water partition coefficient (Wildman–Crippen LogP) is 4.14. The second kappa shape index (κ2) is 7.69. The Balaban J connectivity index is 1.89. The van der Waals surface area contributed by atoms with Gasteiger partial charge in [-0.05, 0) is 48.5 Å². The molecular formula is C17H22FNOS. The minimum atomic E-state index is -0.613. The van der Waals surface area contributed by atoms with E-state index in [4.69, 9.17) is 0 Å². The highest BCUT2D eigenvalue weighted by Crippen LogP contribution is 2.20. The van der Waals surface area contributed by atoms with Crippen LogP contribution in [0.4, 0.5) is 4.39 Å². The molecule has 1 unspecified atom stereocenters. The van der Waals surface area contributed by atoms with Crippen molar-refractivity contribution >= 4 is 11.3 Å². The van der Waals surface area contributed by atoms with E-state index < -0.39 is 6.10 Å². The number of benzene rings is 1. The second-order valence-corrected chi connectivity index (χ2v) is 6.29. The number of aliphatic hydroxyl groups excluding tert-OH is 1. The Labute approximate surface area is 129 Å². The molecule has 2 rings (SSSR count). The maximum absolute atomic E-state index is 13.5. The summed E-state index contributed by atoms with van der Waals surface area (Å²) >= 11 is 1.75. The average Bonchev–Trinajstić information content (AvgIpc) is 2.99. The third-order valence-corrected chi connectivity index (χ3v) is 4.57. The van der Waals surface area contributed by atoms with Gasteiger partial charge < -0.3 is 5.11 Å². The molecule has 0 radical (unpaired) electrons. The first-order valence-corrected chi connectivity index (χ1v) is 8.17. The zero-order valence-electron chi connectivity index (χ0n) is 12.6. The van der Waals surface area contributed by atoms with Crippen LogP contribution in [0, 0.1) is 12.7 Å². The van der Waals surface area contributed by atoms with Crippen molar-refractivity contribution in [3.63, 3.8) is 0 Å². The van der Waals surface area contributed by atoms with E-state index in [0.29, 0.717) is 17.5 Å². The molecule has 0 aliphatic heterocycles. The molecule has 1 N–H and O–H groups in total. The van der Waals surface area contributed by atoms with Crippen LogP contribution in [0.25, 0.3) is 0 Å². The number of aliphatic hydroxyl groups is 1. The van der Waals surface area contributed by atoms with Gasteiger partial charge in [-0.3, -0.25) is 4.90 Å². The summed E-state index contributed by atoms with van der Waals surface area (Å²) in [6.45, 7) is 6.48. The van der Waals surface area contributed by atoms with Gasteiger partial charge in [0, 0.05) is 18.0 Å². The van der Waals surface area contributed by atoms with E-state index in [-0.39, 0.29) is 5.82 Å². The lowest BCUT2D eigenvalue weighted by atomic mass is 10.0. The van der Waals surface area contributed by atoms with E-state index >= 15 is 0 Å². The van der Waals surface area contributed by atoms with Gasteiger partial charge in [0.15, 0.2) is 0 Å². The standard InChI is InChI=1S/C17H22FNOS/c1-3-19(12-15-5-4-10-21-15)9-8-17(20)14-7-6-13(2)16(18)11-14/h4-7,10-11,17,20H,3,8-9,12H2,1-2H3. The van der Waals surface area contributed by atoms with Crippen molar-refractivity contribution in [2.24, 2.45) is 0 Å². The number of hydrogen-bond acceptors (Lipinski definition) is 3. The molecule has 2 aromatic rings. The van der Waals surface area contributed by atoms with Crippen LogP contribution in [0.1, 0.15) is 35.5 Å². The van der Waals surface area contributed by atoms with Crippen LogP contribution < -0.4 is 0 Å². The topological polar surface area (TPSA) is 23.5 Å². The molecule has 0 fully saturated rings. The number of nitrogens with zero attached hydrogens (tertiary/aromatic N) is 1. The van der Waals surface area contributed by atoms with Gasteiger partial charge in [-0.2, -0.15) is 0 Å². The van der Waals surface area contributed by atoms with E-state index in [9.17, 15) is 9.50 Å². The average molecular weight is 307 g/mol. The Morgan fingerprint density at radius 1 is 1.33 bits per heavy atom. The van der Waals surface area contributed by atoms with Crippen molar-refractivity contribution in [1.82, 2.24) is 4.90 Å². The summed E-state index contributed by atoms with van der Waals surface area (Å²) < 4.78 is 13.5. The second-order valence-electron chi connectivity index (χ2n) is 5.26. The van der Waals surface area contributed by atoms with Crippen molar-refractivity contribution in [3.8, 4) is 0 Å². The molecule has 114 valence electrons. The fourth-order valence-electron chi connectivity index (χ4n) is 2.26. The molecule has 0 bridgehead atoms. The number of rotatable bonds is 7. The molecule has 4 heteroatoms. The third kappa shape index (κ3) is 4.63. The molecule has 1 aromatic carbocycles. The molecule has 1 heterocycles. The SMILES string of the molecule is CCN(CCC(O)c1ccc(C)c(F)c1)Cc1cccs1. The summed E-state index contributed by atoms with van der Waals surface area (Å²) in [5.41, 5.74) is 1.27. The molecular weight excluding hydrogens is 285 g/mol. The van der Waals surface area contributed by atoms with Gasteiger partial charge in [0.2, 0.25) is 0 Å². The largest absolute Gasteiger partial charge is 0.388 e. The Morgan fingerprint density at radius 3 is 2.76 bits per heavy atom. The molecule has 0 aliphatic carbocycles. The van der Waals surface area contributed by atoms with E-state index in [1.807, 2.05) is 0 Å². The van der Waals surface area contributed by atoms with Crippen molar-refractivity contribution < 1.29 is 9.50 Å². The number of halogens is 1. The first kappa shape index (κ1) is 16.1. The number of aryl methyl sites for hydroxylation is 1. The molecule has 0 spiro atoms. The van der Waals surface area contributed by atoms with Gasteiger partial charge >= 0.3 is 0 Å². The van der Waals surface area contributed by atoms with Crippen LogP contribution in [-0.2, 0) is 6.54 Å². The first-order chi connectivity index (χ1) is 10.1. The molecule has 0 aliphatic rings. The maximum atomic E-state index is 13.5. The van der Waals surface area contributed by atoms with Gasteiger partial charge in [0.25, 0.3) is 0 Å². The van der Waals surface area contributed by atoms with Crippen molar-refractivity contribution in [2.75, 3.05) is 13.1 Å². The normalized spacial score (nSPS) is 12.8. The zero-order valence-corrected chi connectivity index (χ0v) is 13.4. The van der Waals surface area contributed by atoms with Crippen LogP contribution >= 0.6 is 11.3 Å². The summed E-state index contributed by atoms with van der Waals surface area (Å²) in [4.78, 5) is 3.62. The molecule has 1 atom stereocenters. The van der Waals surface area contributed by atoms with Crippen LogP contribution in [0.5, 0.6) is 0 Å². The highest BCUT2D eigenvalue weighted by Gasteiger charge is 2.12. The lowest BCUT2D eigenvalue weighted by Crippen LogP contribution is -2.25. The first-order valence-electron chi connectivity index (χ1n) is 7.29. The van der Waals surface area contributed by atoms with Crippen molar-refractivity contribution in [1.29, 1.82) is 0 Å². The van der Waals surface area contributed by atoms with Crippen LogP contribution in [0.2, 0.25) is 0 Å². The maximum Gasteiger partial charge on any atom is 0.126 e. The van der Waals surface area contributed by atoms with Crippen molar-refractivity contribution in [2.45, 2.75) is 32.9 Å². The van der Waals surface area contributed by atoms with Gasteiger partial charge in [0.05, 0.1) is 6.10 Å². The van der Waals surface area contributed by atoms with Crippen LogP contribution in [-0.4, -0.2) is 23.1 Å². The fraction of sp³-hybridized carbons (Fsp3) is 0.412. The number of thiophene rings is 1. The Bertz CT molecular complexity index is 556. The third-order valence-electron chi connectivity index (χ3n) is 3.71. The quantitative estimate of drug-likeness (QED) is 0.831. The Morgan fingerprint density at radius 2 is 2.14 bits per heavy atom. The summed E-state index contributed by atoms with van der Waals surface area (Å²) in [7, 11) is 0. The molecule has 21 heavy (non-hydrogen) atoms. The lowest BCUT2D eigenvalue weighted by molar-refractivity contribution is 0.141. The van der Waals surface area contributed by atoms with Gasteiger partial charge in [0.1, 0.15) is 5.82 Å². The smallest absolute Gasteiger partial charge is 0.126 e. The summed E-state index contributed by atoms with van der Waals surface area (Å²) in [5, 5.41) is 12.3. The Kier molecular flexibility index (Phi) is 5.91. The molecule has 0 saturated carbocycles. The van der Waals surface area contributed by atoms with Crippen LogP contribution in [0.3, 0.4) is 0 Å². The van der Waals surface area contributed by atoms with Gasteiger partial charge in [-0.1, -0.05) is 25.1 Å². The highest BCUT2D eigenvalue weighted by atomic mass is 32.1. The minimum absolute atomic E-state index is 0.252. The summed E-state index contributed by atoms with van der Waals surface area (Å²) in [6, 6.07) is 9.14. The van der Waals surface area contributed by atoms with Crippen molar-refractivity contribution in [3.05, 3.63) is 57.5 Å². The molecule has 2 nitrogen and oxygen atoms in total. The van der Waals surface area contributed by atoms with Gasteiger partial charge in [-0.25, -0.2) is 4.39 Å². The predicted molar refractivity (Wildman–Crippen MR) is 86.0 cm³/mol. The Hall–Kier alpha value is -1.23. The molecule has 0 amide bonds. The lowest BCUT2D eigenvalue weighted by Gasteiger charge is -2.21. The summed E-state index contributed by atoms with van der Waals surface area (Å²) in [5.74, 6) is -0.252. The fourth-order valence-corrected chi connectivity index (χ4v) is 3.01. The van der Waals surface area contributed by atoms with E-state index in [2.05, 4.69) is 29.3 Å². The molecule has 0 saturated heterocycles. The van der Waals surface area contributed by atoms with Crippen LogP contribution in [0.15, 0.2) is 35.7 Å². The monoisotopic (exact) mass is 307 g/mol. The van der Waals surface area contributed by atoms with Gasteiger partial charge in [-0.15, -0.1) is 11.3 Å². The zero-order chi connectivity index (χ0) is 15.2. The number of hydrogen-bond donors (Lipinski definition) is 1. The highest BCUT2D eigenvalue weighted by molar-refractivity contribution is 7.09. The van der Waals surface area contributed by atoms with E-state index in [1.54, 1.807) is 30.4 Å². The minimum Gasteiger partial charge on any atom is -0.388 e. The summed E-state index contributed by atoms with van der Waals surface area (Å²) in [6.07, 6.45) is -0.000625.